The zero-order valence-electron chi connectivity index (χ0n) is 14.2. The molecule has 0 spiro atoms. The van der Waals surface area contributed by atoms with E-state index in [1.807, 2.05) is 42.5 Å². The minimum atomic E-state index is -0.351. The Hall–Kier alpha value is -2.90. The Morgan fingerprint density at radius 1 is 1.22 bits per heavy atom. The maximum Gasteiger partial charge on any atom is 0.341 e. The summed E-state index contributed by atoms with van der Waals surface area (Å²) in [7, 11) is 0. The monoisotopic (exact) mass is 399 g/mol. The number of pyridine rings is 1. The number of benzene rings is 1. The largest absolute Gasteiger partial charge is 0.474 e. The van der Waals surface area contributed by atoms with Crippen LogP contribution in [-0.4, -0.2) is 20.6 Å². The van der Waals surface area contributed by atoms with E-state index in [9.17, 15) is 9.90 Å². The maximum absolute atomic E-state index is 12.9. The van der Waals surface area contributed by atoms with Crippen molar-refractivity contribution in [3.63, 3.8) is 0 Å². The second-order valence-electron chi connectivity index (χ2n) is 5.94. The summed E-state index contributed by atoms with van der Waals surface area (Å²) in [6.45, 7) is 0.754. The second-order valence-corrected chi connectivity index (χ2v) is 7.63. The molecule has 136 valence electrons. The fourth-order valence-electron chi connectivity index (χ4n) is 2.94. The standard InChI is InChI=1S/C19H15ClN4O2S/c20-19-22-11-14(27-19)12-24-15-8-4-5-9-23(15)18(26)16(24)17(25)21-10-13-6-2-1-3-7-13/h1-9,11H,10,12H2,(H-,21,25,26)/p+1. The highest BCUT2D eigenvalue weighted by Crippen LogP contribution is 2.23. The third-order valence-corrected chi connectivity index (χ3v) is 5.27. The van der Waals surface area contributed by atoms with Gasteiger partial charge >= 0.3 is 5.88 Å². The molecule has 4 aromatic rings. The van der Waals surface area contributed by atoms with E-state index in [2.05, 4.69) is 10.3 Å². The molecule has 0 aliphatic rings. The maximum atomic E-state index is 12.9. The van der Waals surface area contributed by atoms with Crippen LogP contribution in [0.3, 0.4) is 0 Å². The molecule has 1 aromatic carbocycles. The van der Waals surface area contributed by atoms with Gasteiger partial charge in [-0.3, -0.25) is 4.79 Å². The van der Waals surface area contributed by atoms with E-state index in [4.69, 9.17) is 11.6 Å². The van der Waals surface area contributed by atoms with Gasteiger partial charge in [-0.2, -0.15) is 4.40 Å². The van der Waals surface area contributed by atoms with Crippen LogP contribution in [0.15, 0.2) is 60.9 Å². The average molecular weight is 400 g/mol. The normalized spacial score (nSPS) is 11.0. The fraction of sp³-hybridized carbons (Fsp3) is 0.105. The molecule has 0 fully saturated rings. The zero-order valence-corrected chi connectivity index (χ0v) is 15.7. The smallest absolute Gasteiger partial charge is 0.341 e. The zero-order chi connectivity index (χ0) is 18.8. The van der Waals surface area contributed by atoms with Gasteiger partial charge in [0, 0.05) is 18.8 Å². The van der Waals surface area contributed by atoms with Crippen LogP contribution in [0.5, 0.6) is 5.88 Å². The Labute approximate surface area is 164 Å². The van der Waals surface area contributed by atoms with Crippen molar-refractivity contribution >= 4 is 34.5 Å². The van der Waals surface area contributed by atoms with Crippen molar-refractivity contribution in [1.29, 1.82) is 0 Å². The number of rotatable bonds is 5. The topological polar surface area (TPSA) is 71.2 Å². The van der Waals surface area contributed by atoms with Crippen LogP contribution in [0.4, 0.5) is 0 Å². The minimum Gasteiger partial charge on any atom is -0.474 e. The summed E-state index contributed by atoms with van der Waals surface area (Å²) >= 11 is 7.28. The van der Waals surface area contributed by atoms with Crippen molar-refractivity contribution in [3.05, 3.63) is 81.5 Å². The number of carbonyl (C=O) groups is 1. The van der Waals surface area contributed by atoms with Gasteiger partial charge in [0.05, 0.1) is 11.1 Å². The molecule has 3 aromatic heterocycles. The number of carbonyl (C=O) groups excluding carboxylic acids is 1. The number of aromatic hydroxyl groups is 1. The van der Waals surface area contributed by atoms with Crippen LogP contribution in [0, 0.1) is 0 Å². The molecule has 0 aliphatic heterocycles. The lowest BCUT2D eigenvalue weighted by atomic mass is 10.2. The summed E-state index contributed by atoms with van der Waals surface area (Å²) < 4.78 is 3.79. The van der Waals surface area contributed by atoms with Gasteiger partial charge in [0.1, 0.15) is 6.54 Å². The van der Waals surface area contributed by atoms with E-state index in [0.29, 0.717) is 23.2 Å². The molecule has 27 heavy (non-hydrogen) atoms. The van der Waals surface area contributed by atoms with E-state index in [1.165, 1.54) is 11.3 Å². The molecule has 0 unspecified atom stereocenters. The highest BCUT2D eigenvalue weighted by molar-refractivity contribution is 7.15. The van der Waals surface area contributed by atoms with E-state index >= 15 is 0 Å². The molecule has 0 bridgehead atoms. The highest BCUT2D eigenvalue weighted by Gasteiger charge is 2.31. The van der Waals surface area contributed by atoms with Crippen LogP contribution < -0.4 is 9.72 Å². The van der Waals surface area contributed by atoms with Gasteiger partial charge in [0.25, 0.3) is 17.2 Å². The van der Waals surface area contributed by atoms with Crippen molar-refractivity contribution in [2.45, 2.75) is 13.1 Å². The number of nitrogens with one attached hydrogen (secondary N) is 1. The third-order valence-electron chi connectivity index (χ3n) is 4.18. The lowest BCUT2D eigenvalue weighted by molar-refractivity contribution is -0.521. The first-order valence-corrected chi connectivity index (χ1v) is 9.47. The number of aromatic nitrogens is 3. The van der Waals surface area contributed by atoms with E-state index in [1.54, 1.807) is 27.4 Å². The number of hydrogen-bond donors (Lipinski definition) is 2. The Morgan fingerprint density at radius 2 is 2.00 bits per heavy atom. The van der Waals surface area contributed by atoms with E-state index < -0.39 is 0 Å². The molecule has 3 heterocycles. The fourth-order valence-corrected chi connectivity index (χ4v) is 3.91. The number of fused-ring (bicyclic) bond motifs is 1. The van der Waals surface area contributed by atoms with Crippen LogP contribution >= 0.6 is 22.9 Å². The van der Waals surface area contributed by atoms with E-state index in [-0.39, 0.29) is 17.5 Å². The van der Waals surface area contributed by atoms with Crippen molar-refractivity contribution in [1.82, 2.24) is 14.9 Å². The molecular weight excluding hydrogens is 384 g/mol. The molecule has 6 nitrogen and oxygen atoms in total. The van der Waals surface area contributed by atoms with Crippen LogP contribution in [0.2, 0.25) is 4.47 Å². The number of amides is 1. The molecule has 4 rings (SSSR count). The quantitative estimate of drug-likeness (QED) is 0.507. The molecule has 2 N–H and O–H groups in total. The number of thiazole rings is 1. The first kappa shape index (κ1) is 17.5. The average Bonchev–Trinajstić information content (AvgIpc) is 3.22. The van der Waals surface area contributed by atoms with Crippen molar-refractivity contribution < 1.29 is 14.3 Å². The molecular formula is C19H16ClN4O2S+. The molecule has 0 radical (unpaired) electrons. The molecule has 1 amide bonds. The van der Waals surface area contributed by atoms with Gasteiger partial charge in [-0.05, 0) is 11.6 Å². The van der Waals surface area contributed by atoms with Gasteiger partial charge in [-0.1, -0.05) is 48.0 Å². The van der Waals surface area contributed by atoms with Crippen LogP contribution in [-0.2, 0) is 13.1 Å². The Balaban J connectivity index is 1.71. The summed E-state index contributed by atoms with van der Waals surface area (Å²) in [6.07, 6.45) is 3.39. The number of halogens is 1. The number of imidazole rings is 1. The van der Waals surface area contributed by atoms with Crippen LogP contribution in [0.25, 0.3) is 5.65 Å². The summed E-state index contributed by atoms with van der Waals surface area (Å²) in [5, 5.41) is 13.5. The third kappa shape index (κ3) is 3.51. The van der Waals surface area contributed by atoms with Gasteiger partial charge < -0.3 is 10.4 Å². The SMILES string of the molecule is O=C(NCc1ccccc1)c1c(O)[n+]2ccccc2n1Cc1cnc(Cl)s1. The molecule has 0 saturated carbocycles. The predicted octanol–water partition coefficient (Wildman–Crippen LogP) is 3.02. The Bertz CT molecular complexity index is 1110. The first-order chi connectivity index (χ1) is 13.1. The summed E-state index contributed by atoms with van der Waals surface area (Å²) in [6, 6.07) is 15.1. The Morgan fingerprint density at radius 3 is 2.74 bits per heavy atom. The summed E-state index contributed by atoms with van der Waals surface area (Å²) in [4.78, 5) is 17.8. The lowest BCUT2D eigenvalue weighted by Gasteiger charge is -2.04. The van der Waals surface area contributed by atoms with Crippen molar-refractivity contribution in [2.75, 3.05) is 0 Å². The Kier molecular flexibility index (Phi) is 4.79. The second kappa shape index (κ2) is 7.38. The minimum absolute atomic E-state index is 0.105. The van der Waals surface area contributed by atoms with Gasteiger partial charge in [0.15, 0.2) is 4.47 Å². The highest BCUT2D eigenvalue weighted by atomic mass is 35.5. The molecule has 0 aliphatic carbocycles. The molecule has 0 atom stereocenters. The number of nitrogens with zero attached hydrogens (tertiary/aromatic N) is 3. The molecule has 0 saturated heterocycles. The van der Waals surface area contributed by atoms with Crippen LogP contribution in [0.1, 0.15) is 20.9 Å². The van der Waals surface area contributed by atoms with Crippen molar-refractivity contribution in [3.8, 4) is 5.88 Å². The van der Waals surface area contributed by atoms with Gasteiger partial charge in [-0.15, -0.1) is 11.3 Å². The van der Waals surface area contributed by atoms with Gasteiger partial charge in [-0.25, -0.2) is 9.55 Å². The first-order valence-electron chi connectivity index (χ1n) is 8.27. The molecule has 8 heteroatoms. The van der Waals surface area contributed by atoms with Crippen molar-refractivity contribution in [2.24, 2.45) is 0 Å². The summed E-state index contributed by atoms with van der Waals surface area (Å²) in [5.74, 6) is -0.456. The lowest BCUT2D eigenvalue weighted by Crippen LogP contribution is -2.26. The summed E-state index contributed by atoms with van der Waals surface area (Å²) in [5.41, 5.74) is 1.88. The van der Waals surface area contributed by atoms with E-state index in [0.717, 1.165) is 10.4 Å². The van der Waals surface area contributed by atoms with Gasteiger partial charge in [0.2, 0.25) is 0 Å². The number of hydrogen-bond acceptors (Lipinski definition) is 4. The predicted molar refractivity (Wildman–Crippen MR) is 103 cm³/mol.